The van der Waals surface area contributed by atoms with E-state index in [2.05, 4.69) is 5.32 Å². The largest absolute Gasteiger partial charge is 0.494 e. The van der Waals surface area contributed by atoms with Gasteiger partial charge in [-0.15, -0.1) is 0 Å². The first-order valence-electron chi connectivity index (χ1n) is 10.6. The molecule has 1 N–H and O–H groups in total. The second kappa shape index (κ2) is 9.82. The van der Waals surface area contributed by atoms with Crippen LogP contribution in [0.25, 0.3) is 0 Å². The molecule has 0 saturated carbocycles. The molecule has 1 saturated heterocycles. The SMILES string of the molecule is CCOc1cc2c(cc1CNC(=O)CCC(=O)N1CCN(C(C)=O)CC1)O[C@H](C)C2. The number of nitrogens with zero attached hydrogens (tertiary/aromatic N) is 2. The lowest BCUT2D eigenvalue weighted by atomic mass is 10.1. The molecule has 0 radical (unpaired) electrons. The molecule has 30 heavy (non-hydrogen) atoms. The number of nitrogens with one attached hydrogen (secondary N) is 1. The highest BCUT2D eigenvalue weighted by Crippen LogP contribution is 2.35. The van der Waals surface area contributed by atoms with E-state index in [-0.39, 0.29) is 36.7 Å². The summed E-state index contributed by atoms with van der Waals surface area (Å²) in [5.41, 5.74) is 1.99. The standard InChI is InChI=1S/C22H31N3O5/c1-4-29-19-12-17-11-15(2)30-20(17)13-18(19)14-23-21(27)5-6-22(28)25-9-7-24(8-10-25)16(3)26/h12-13,15H,4-11,14H2,1-3H3,(H,23,27)/t15-/m1/s1. The van der Waals surface area contributed by atoms with Gasteiger partial charge in [-0.1, -0.05) is 0 Å². The van der Waals surface area contributed by atoms with Crippen molar-refractivity contribution in [3.05, 3.63) is 23.3 Å². The first-order chi connectivity index (χ1) is 14.4. The molecule has 1 fully saturated rings. The fourth-order valence-corrected chi connectivity index (χ4v) is 3.84. The molecule has 1 atom stereocenters. The molecule has 3 rings (SSSR count). The number of rotatable bonds is 7. The van der Waals surface area contributed by atoms with Crippen LogP contribution in [0, 0.1) is 0 Å². The van der Waals surface area contributed by atoms with Crippen LogP contribution in [0.2, 0.25) is 0 Å². The molecule has 2 heterocycles. The third kappa shape index (κ3) is 5.43. The van der Waals surface area contributed by atoms with Gasteiger partial charge in [0.05, 0.1) is 6.61 Å². The fraction of sp³-hybridized carbons (Fsp3) is 0.591. The van der Waals surface area contributed by atoms with E-state index >= 15 is 0 Å². The lowest BCUT2D eigenvalue weighted by Crippen LogP contribution is -2.50. The molecule has 8 nitrogen and oxygen atoms in total. The maximum Gasteiger partial charge on any atom is 0.223 e. The van der Waals surface area contributed by atoms with E-state index in [1.807, 2.05) is 26.0 Å². The Kier molecular flexibility index (Phi) is 7.18. The average molecular weight is 418 g/mol. The molecule has 2 aliphatic heterocycles. The molecule has 164 valence electrons. The van der Waals surface area contributed by atoms with Crippen molar-refractivity contribution in [2.24, 2.45) is 0 Å². The molecule has 0 aromatic heterocycles. The number of amides is 3. The van der Waals surface area contributed by atoms with Crippen LogP contribution in [0.15, 0.2) is 12.1 Å². The van der Waals surface area contributed by atoms with Gasteiger partial charge in [-0.25, -0.2) is 0 Å². The van der Waals surface area contributed by atoms with Crippen LogP contribution in [-0.2, 0) is 27.3 Å². The molecule has 1 aromatic rings. The number of ether oxygens (including phenoxy) is 2. The molecule has 3 amide bonds. The number of benzene rings is 1. The maximum absolute atomic E-state index is 12.4. The van der Waals surface area contributed by atoms with Crippen molar-refractivity contribution in [1.29, 1.82) is 0 Å². The normalized spacial score (nSPS) is 17.9. The van der Waals surface area contributed by atoms with E-state index in [0.29, 0.717) is 39.3 Å². The van der Waals surface area contributed by atoms with E-state index in [1.54, 1.807) is 9.80 Å². The zero-order valence-corrected chi connectivity index (χ0v) is 18.0. The van der Waals surface area contributed by atoms with Gasteiger partial charge in [0, 0.05) is 70.0 Å². The van der Waals surface area contributed by atoms with Gasteiger partial charge in [0.15, 0.2) is 0 Å². The second-order valence-electron chi connectivity index (χ2n) is 7.80. The van der Waals surface area contributed by atoms with Crippen LogP contribution in [0.4, 0.5) is 0 Å². The van der Waals surface area contributed by atoms with E-state index in [1.165, 1.54) is 6.92 Å². The van der Waals surface area contributed by atoms with Gasteiger partial charge in [0.1, 0.15) is 17.6 Å². The van der Waals surface area contributed by atoms with E-state index in [9.17, 15) is 14.4 Å². The van der Waals surface area contributed by atoms with Crippen molar-refractivity contribution in [2.75, 3.05) is 32.8 Å². The Bertz CT molecular complexity index is 802. The lowest BCUT2D eigenvalue weighted by molar-refractivity contribution is -0.139. The minimum absolute atomic E-state index is 0.0271. The Balaban J connectivity index is 1.47. The summed E-state index contributed by atoms with van der Waals surface area (Å²) in [6, 6.07) is 3.93. The Morgan fingerprint density at radius 3 is 2.50 bits per heavy atom. The highest BCUT2D eigenvalue weighted by molar-refractivity contribution is 5.84. The minimum Gasteiger partial charge on any atom is -0.494 e. The third-order valence-electron chi connectivity index (χ3n) is 5.50. The summed E-state index contributed by atoms with van der Waals surface area (Å²) in [6.45, 7) is 8.49. The van der Waals surface area contributed by atoms with Gasteiger partial charge >= 0.3 is 0 Å². The topological polar surface area (TPSA) is 88.2 Å². The second-order valence-corrected chi connectivity index (χ2v) is 7.80. The summed E-state index contributed by atoms with van der Waals surface area (Å²) in [4.78, 5) is 39.5. The van der Waals surface area contributed by atoms with Crippen molar-refractivity contribution in [3.8, 4) is 11.5 Å². The number of carbonyl (C=O) groups excluding carboxylic acids is 3. The Morgan fingerprint density at radius 2 is 1.83 bits per heavy atom. The van der Waals surface area contributed by atoms with Gasteiger partial charge in [0.2, 0.25) is 17.7 Å². The van der Waals surface area contributed by atoms with Crippen LogP contribution in [0.1, 0.15) is 44.7 Å². The van der Waals surface area contributed by atoms with Crippen molar-refractivity contribution in [3.63, 3.8) is 0 Å². The summed E-state index contributed by atoms with van der Waals surface area (Å²) in [7, 11) is 0. The van der Waals surface area contributed by atoms with Crippen LogP contribution >= 0.6 is 0 Å². The van der Waals surface area contributed by atoms with E-state index < -0.39 is 0 Å². The quantitative estimate of drug-likeness (QED) is 0.726. The monoisotopic (exact) mass is 417 g/mol. The molecule has 0 unspecified atom stereocenters. The number of piperazine rings is 1. The van der Waals surface area contributed by atoms with Crippen molar-refractivity contribution >= 4 is 17.7 Å². The molecular weight excluding hydrogens is 386 g/mol. The van der Waals surface area contributed by atoms with Gasteiger partial charge in [-0.3, -0.25) is 14.4 Å². The number of fused-ring (bicyclic) bond motifs is 1. The minimum atomic E-state index is -0.178. The van der Waals surface area contributed by atoms with E-state index in [0.717, 1.165) is 29.0 Å². The predicted octanol–water partition coefficient (Wildman–Crippen LogP) is 1.50. The fourth-order valence-electron chi connectivity index (χ4n) is 3.84. The Morgan fingerprint density at radius 1 is 1.13 bits per heavy atom. The lowest BCUT2D eigenvalue weighted by Gasteiger charge is -2.34. The molecule has 0 bridgehead atoms. The maximum atomic E-state index is 12.4. The predicted molar refractivity (Wildman–Crippen MR) is 111 cm³/mol. The first kappa shape index (κ1) is 21.9. The van der Waals surface area contributed by atoms with Crippen LogP contribution in [0.3, 0.4) is 0 Å². The Hall–Kier alpha value is -2.77. The third-order valence-corrected chi connectivity index (χ3v) is 5.50. The molecule has 0 aliphatic carbocycles. The van der Waals surface area contributed by atoms with E-state index in [4.69, 9.17) is 9.47 Å². The summed E-state index contributed by atoms with van der Waals surface area (Å²) in [6.07, 6.45) is 1.29. The number of hydrogen-bond donors (Lipinski definition) is 1. The van der Waals surface area contributed by atoms with Crippen LogP contribution in [0.5, 0.6) is 11.5 Å². The van der Waals surface area contributed by atoms with Gasteiger partial charge in [-0.2, -0.15) is 0 Å². The average Bonchev–Trinajstić information content (AvgIpc) is 3.09. The zero-order valence-electron chi connectivity index (χ0n) is 18.0. The number of hydrogen-bond acceptors (Lipinski definition) is 5. The van der Waals surface area contributed by atoms with Gasteiger partial charge in [0.25, 0.3) is 0 Å². The van der Waals surface area contributed by atoms with Gasteiger partial charge in [-0.05, 0) is 26.0 Å². The molecule has 8 heteroatoms. The smallest absolute Gasteiger partial charge is 0.223 e. The Labute approximate surface area is 177 Å². The number of carbonyl (C=O) groups is 3. The summed E-state index contributed by atoms with van der Waals surface area (Å²) >= 11 is 0. The van der Waals surface area contributed by atoms with Gasteiger partial charge < -0.3 is 24.6 Å². The zero-order chi connectivity index (χ0) is 21.7. The first-order valence-corrected chi connectivity index (χ1v) is 10.6. The molecule has 2 aliphatic rings. The van der Waals surface area contributed by atoms with Crippen molar-refractivity contribution in [1.82, 2.24) is 15.1 Å². The van der Waals surface area contributed by atoms with Crippen LogP contribution < -0.4 is 14.8 Å². The van der Waals surface area contributed by atoms with Crippen molar-refractivity contribution in [2.45, 2.75) is 52.7 Å². The summed E-state index contributed by atoms with van der Waals surface area (Å²) in [5, 5.41) is 2.88. The summed E-state index contributed by atoms with van der Waals surface area (Å²) < 4.78 is 11.6. The van der Waals surface area contributed by atoms with Crippen LogP contribution in [-0.4, -0.2) is 66.4 Å². The molecule has 1 aromatic carbocycles. The highest BCUT2D eigenvalue weighted by atomic mass is 16.5. The molecular formula is C22H31N3O5. The molecule has 0 spiro atoms. The highest BCUT2D eigenvalue weighted by Gasteiger charge is 2.24. The van der Waals surface area contributed by atoms with Crippen molar-refractivity contribution < 1.29 is 23.9 Å². The summed E-state index contributed by atoms with van der Waals surface area (Å²) in [5.74, 6) is 1.40.